The molecule has 1 aliphatic rings. The monoisotopic (exact) mass is 428 g/mol. The number of rotatable bonds is 9. The van der Waals surface area contributed by atoms with E-state index in [-0.39, 0.29) is 6.29 Å². The molecule has 0 bridgehead atoms. The third-order valence-electron chi connectivity index (χ3n) is 5.98. The van der Waals surface area contributed by atoms with E-state index in [4.69, 9.17) is 28.1 Å². The number of furan rings is 1. The second-order valence-corrected chi connectivity index (χ2v) is 8.21. The van der Waals surface area contributed by atoms with Gasteiger partial charge in [0.15, 0.2) is 6.29 Å². The molecule has 2 aromatic carbocycles. The number of hydrogen-bond acceptors (Lipinski definition) is 6. The summed E-state index contributed by atoms with van der Waals surface area (Å²) in [5.74, 6) is 2.66. The molecule has 0 amide bonds. The Hall–Kier alpha value is -2.44. The first-order valence-corrected chi connectivity index (χ1v) is 11.0. The van der Waals surface area contributed by atoms with Gasteiger partial charge >= 0.3 is 0 Å². The van der Waals surface area contributed by atoms with E-state index in [1.807, 2.05) is 18.2 Å². The molecular weight excluding hydrogens is 396 g/mol. The van der Waals surface area contributed by atoms with E-state index in [9.17, 15) is 0 Å². The molecule has 168 valence electrons. The summed E-state index contributed by atoms with van der Waals surface area (Å²) in [6, 6.07) is 7.85. The SMILES string of the molecule is COc1cc(OC)c2c(c1)oc1ccc(CC[C@@H](C)COC3CCCCO3)c(OC)c12. The highest BCUT2D eigenvalue weighted by Gasteiger charge is 2.21. The predicted octanol–water partition coefficient (Wildman–Crippen LogP) is 5.72. The molecule has 0 aliphatic carbocycles. The second-order valence-electron chi connectivity index (χ2n) is 8.21. The van der Waals surface area contributed by atoms with Crippen LogP contribution in [0.5, 0.6) is 17.2 Å². The van der Waals surface area contributed by atoms with Gasteiger partial charge in [-0.2, -0.15) is 0 Å². The fourth-order valence-electron chi connectivity index (χ4n) is 4.25. The van der Waals surface area contributed by atoms with Crippen LogP contribution in [0.2, 0.25) is 0 Å². The molecular formula is C25H32O6. The van der Waals surface area contributed by atoms with E-state index in [2.05, 4.69) is 13.0 Å². The Morgan fingerprint density at radius 3 is 2.58 bits per heavy atom. The molecule has 0 spiro atoms. The van der Waals surface area contributed by atoms with Crippen LogP contribution in [-0.2, 0) is 15.9 Å². The molecule has 3 aromatic rings. The summed E-state index contributed by atoms with van der Waals surface area (Å²) in [6.07, 6.45) is 5.17. The smallest absolute Gasteiger partial charge is 0.157 e. The molecule has 1 aromatic heterocycles. The highest BCUT2D eigenvalue weighted by Crippen LogP contribution is 2.44. The van der Waals surface area contributed by atoms with E-state index in [0.29, 0.717) is 24.0 Å². The molecule has 0 radical (unpaired) electrons. The van der Waals surface area contributed by atoms with Crippen molar-refractivity contribution < 1.29 is 28.1 Å². The van der Waals surface area contributed by atoms with Crippen LogP contribution in [-0.4, -0.2) is 40.8 Å². The molecule has 2 heterocycles. The van der Waals surface area contributed by atoms with Crippen LogP contribution in [0.4, 0.5) is 0 Å². The van der Waals surface area contributed by atoms with E-state index < -0.39 is 0 Å². The van der Waals surface area contributed by atoms with Gasteiger partial charge in [0.05, 0.1) is 38.7 Å². The molecule has 1 unspecified atom stereocenters. The largest absolute Gasteiger partial charge is 0.496 e. The summed E-state index contributed by atoms with van der Waals surface area (Å²) >= 11 is 0. The fraction of sp³-hybridized carbons (Fsp3) is 0.520. The van der Waals surface area contributed by atoms with Gasteiger partial charge < -0.3 is 28.1 Å². The zero-order chi connectivity index (χ0) is 21.8. The first-order valence-electron chi connectivity index (χ1n) is 11.0. The molecule has 6 nitrogen and oxygen atoms in total. The van der Waals surface area contributed by atoms with Crippen LogP contribution >= 0.6 is 0 Å². The van der Waals surface area contributed by atoms with E-state index in [1.54, 1.807) is 21.3 Å². The number of hydrogen-bond donors (Lipinski definition) is 0. The van der Waals surface area contributed by atoms with Crippen LogP contribution in [0.3, 0.4) is 0 Å². The van der Waals surface area contributed by atoms with Crippen molar-refractivity contribution in [1.29, 1.82) is 0 Å². The van der Waals surface area contributed by atoms with Crippen LogP contribution in [0.15, 0.2) is 28.7 Å². The molecule has 0 saturated carbocycles. The maximum atomic E-state index is 6.09. The number of benzene rings is 2. The summed E-state index contributed by atoms with van der Waals surface area (Å²) in [5.41, 5.74) is 2.64. The van der Waals surface area contributed by atoms with Crippen molar-refractivity contribution in [2.45, 2.75) is 45.3 Å². The molecule has 1 fully saturated rings. The maximum absolute atomic E-state index is 6.09. The van der Waals surface area contributed by atoms with Gasteiger partial charge in [-0.3, -0.25) is 0 Å². The molecule has 2 atom stereocenters. The van der Waals surface area contributed by atoms with Crippen molar-refractivity contribution in [3.63, 3.8) is 0 Å². The molecule has 4 rings (SSSR count). The highest BCUT2D eigenvalue weighted by atomic mass is 16.7. The van der Waals surface area contributed by atoms with Gasteiger partial charge in [-0.05, 0) is 49.7 Å². The first-order chi connectivity index (χ1) is 15.1. The third-order valence-corrected chi connectivity index (χ3v) is 5.98. The Kier molecular flexibility index (Phi) is 6.88. The summed E-state index contributed by atoms with van der Waals surface area (Å²) in [4.78, 5) is 0. The Balaban J connectivity index is 1.56. The molecule has 31 heavy (non-hydrogen) atoms. The van der Waals surface area contributed by atoms with Gasteiger partial charge in [0.25, 0.3) is 0 Å². The number of fused-ring (bicyclic) bond motifs is 3. The molecule has 6 heteroatoms. The highest BCUT2D eigenvalue weighted by molar-refractivity contribution is 6.12. The third kappa shape index (κ3) is 4.60. The van der Waals surface area contributed by atoms with Crippen LogP contribution in [0.25, 0.3) is 21.9 Å². The van der Waals surface area contributed by atoms with Crippen molar-refractivity contribution in [2.75, 3.05) is 34.5 Å². The Bertz CT molecular complexity index is 1020. The lowest BCUT2D eigenvalue weighted by Gasteiger charge is -2.24. The lowest BCUT2D eigenvalue weighted by Crippen LogP contribution is -2.24. The van der Waals surface area contributed by atoms with E-state index >= 15 is 0 Å². The maximum Gasteiger partial charge on any atom is 0.157 e. The predicted molar refractivity (Wildman–Crippen MR) is 120 cm³/mol. The van der Waals surface area contributed by atoms with Gasteiger partial charge in [-0.25, -0.2) is 0 Å². The minimum atomic E-state index is -0.0381. The molecule has 0 N–H and O–H groups in total. The van der Waals surface area contributed by atoms with Crippen molar-refractivity contribution in [3.05, 3.63) is 29.8 Å². The molecule has 1 aliphatic heterocycles. The quantitative estimate of drug-likeness (QED) is 0.434. The number of aryl methyl sites for hydroxylation is 1. The van der Waals surface area contributed by atoms with Gasteiger partial charge in [-0.15, -0.1) is 0 Å². The van der Waals surface area contributed by atoms with Crippen molar-refractivity contribution in [1.82, 2.24) is 0 Å². The van der Waals surface area contributed by atoms with Gasteiger partial charge in [0.2, 0.25) is 0 Å². The lowest BCUT2D eigenvalue weighted by molar-refractivity contribution is -0.168. The second kappa shape index (κ2) is 9.79. The topological polar surface area (TPSA) is 59.3 Å². The Morgan fingerprint density at radius 1 is 1.00 bits per heavy atom. The van der Waals surface area contributed by atoms with Crippen LogP contribution in [0, 0.1) is 5.92 Å². The lowest BCUT2D eigenvalue weighted by atomic mass is 9.98. The van der Waals surface area contributed by atoms with Gasteiger partial charge in [-0.1, -0.05) is 13.0 Å². The van der Waals surface area contributed by atoms with E-state index in [0.717, 1.165) is 65.5 Å². The van der Waals surface area contributed by atoms with Crippen molar-refractivity contribution >= 4 is 21.9 Å². The van der Waals surface area contributed by atoms with Crippen LogP contribution < -0.4 is 14.2 Å². The summed E-state index contributed by atoms with van der Waals surface area (Å²) in [5, 5.41) is 1.84. The van der Waals surface area contributed by atoms with Gasteiger partial charge in [0.1, 0.15) is 28.4 Å². The van der Waals surface area contributed by atoms with Gasteiger partial charge in [0, 0.05) is 18.7 Å². The zero-order valence-corrected chi connectivity index (χ0v) is 18.9. The minimum absolute atomic E-state index is 0.0381. The normalized spacial score (nSPS) is 17.7. The number of methoxy groups -OCH3 is 3. The zero-order valence-electron chi connectivity index (χ0n) is 18.9. The van der Waals surface area contributed by atoms with Crippen LogP contribution in [0.1, 0.15) is 38.2 Å². The fourth-order valence-corrected chi connectivity index (χ4v) is 4.25. The van der Waals surface area contributed by atoms with Crippen molar-refractivity contribution in [2.24, 2.45) is 5.92 Å². The Labute approximate surface area is 183 Å². The average Bonchev–Trinajstić information content (AvgIpc) is 3.19. The first kappa shape index (κ1) is 21.8. The average molecular weight is 429 g/mol. The molecule has 1 saturated heterocycles. The number of ether oxygens (including phenoxy) is 5. The minimum Gasteiger partial charge on any atom is -0.496 e. The van der Waals surface area contributed by atoms with Crippen molar-refractivity contribution in [3.8, 4) is 17.2 Å². The Morgan fingerprint density at radius 2 is 1.87 bits per heavy atom. The summed E-state index contributed by atoms with van der Waals surface area (Å²) in [6.45, 7) is 3.73. The summed E-state index contributed by atoms with van der Waals surface area (Å²) in [7, 11) is 4.99. The van der Waals surface area contributed by atoms with E-state index in [1.165, 1.54) is 6.42 Å². The summed E-state index contributed by atoms with van der Waals surface area (Å²) < 4.78 is 34.6. The standard InChI is InChI=1S/C25H32O6/c1-16(15-30-22-7-5-6-12-29-22)8-9-17-10-11-19-24(25(17)28-4)23-20(27-3)13-18(26-2)14-21(23)31-19/h10-11,13-14,16,22H,5-9,12,15H2,1-4H3/t16-,22?/m1/s1.